The van der Waals surface area contributed by atoms with Gasteiger partial charge in [-0.05, 0) is 43.7 Å². The van der Waals surface area contributed by atoms with E-state index >= 15 is 0 Å². The Morgan fingerprint density at radius 3 is 2.50 bits per heavy atom. The lowest BCUT2D eigenvalue weighted by molar-refractivity contribution is -0.142. The highest BCUT2D eigenvalue weighted by Crippen LogP contribution is 2.35. The van der Waals surface area contributed by atoms with Gasteiger partial charge in [0.25, 0.3) is 0 Å². The van der Waals surface area contributed by atoms with Gasteiger partial charge in [-0.25, -0.2) is 0 Å². The lowest BCUT2D eigenvalue weighted by Gasteiger charge is -2.27. The molecule has 1 saturated carbocycles. The lowest BCUT2D eigenvalue weighted by atomic mass is 9.91. The second-order valence-corrected chi connectivity index (χ2v) is 6.97. The number of nitrogens with one attached hydrogen (secondary N) is 1. The number of carbonyl (C=O) groups excluding carboxylic acids is 1. The van der Waals surface area contributed by atoms with Gasteiger partial charge in [0.1, 0.15) is 6.04 Å². The number of hydrogen-bond donors (Lipinski definition) is 2. The molecule has 1 aliphatic heterocycles. The molecule has 3 rings (SSSR count). The molecule has 0 radical (unpaired) electrons. The Balaban J connectivity index is 1.66. The molecule has 2 aliphatic rings. The smallest absolute Gasteiger partial charge is 0.320 e. The van der Waals surface area contributed by atoms with E-state index in [1.54, 1.807) is 4.90 Å². The molecule has 1 saturated heterocycles. The van der Waals surface area contributed by atoms with Crippen LogP contribution in [0.1, 0.15) is 50.1 Å². The predicted molar refractivity (Wildman–Crippen MR) is 91.5 cm³/mol. The third-order valence-corrected chi connectivity index (χ3v) is 5.34. The summed E-state index contributed by atoms with van der Waals surface area (Å²) < 4.78 is 0. The van der Waals surface area contributed by atoms with Crippen molar-refractivity contribution in [3.05, 3.63) is 35.9 Å². The van der Waals surface area contributed by atoms with E-state index < -0.39 is 12.0 Å². The van der Waals surface area contributed by atoms with Crippen molar-refractivity contribution < 1.29 is 14.7 Å². The van der Waals surface area contributed by atoms with Gasteiger partial charge in [0, 0.05) is 0 Å². The van der Waals surface area contributed by atoms with Crippen LogP contribution in [0.15, 0.2) is 30.3 Å². The quantitative estimate of drug-likeness (QED) is 0.841. The SMILES string of the molecule is O=C(CN1CCCC1C(=O)O)NC(c1ccccc1)C1CCCC1. The summed E-state index contributed by atoms with van der Waals surface area (Å²) in [6.45, 7) is 0.858. The minimum atomic E-state index is -0.823. The standard InChI is InChI=1S/C19H26N2O3/c22-17(13-21-12-6-11-16(21)19(23)24)20-18(15-9-4-5-10-15)14-7-2-1-3-8-14/h1-3,7-8,15-16,18H,4-6,9-13H2,(H,20,22)(H,23,24). The average Bonchev–Trinajstić information content (AvgIpc) is 3.25. The molecular weight excluding hydrogens is 304 g/mol. The third-order valence-electron chi connectivity index (χ3n) is 5.34. The number of likely N-dealkylation sites (tertiary alicyclic amines) is 1. The number of carboxylic acids is 1. The fraction of sp³-hybridized carbons (Fsp3) is 0.579. The number of carboxylic acid groups (broad SMARTS) is 1. The summed E-state index contributed by atoms with van der Waals surface area (Å²) in [4.78, 5) is 25.6. The van der Waals surface area contributed by atoms with Crippen LogP contribution >= 0.6 is 0 Å². The molecule has 24 heavy (non-hydrogen) atoms. The van der Waals surface area contributed by atoms with E-state index in [-0.39, 0.29) is 18.5 Å². The first-order chi connectivity index (χ1) is 11.6. The Hall–Kier alpha value is -1.88. The zero-order chi connectivity index (χ0) is 16.9. The molecule has 1 aliphatic carbocycles. The number of amides is 1. The summed E-state index contributed by atoms with van der Waals surface area (Å²) in [6, 6.07) is 9.65. The van der Waals surface area contributed by atoms with E-state index in [9.17, 15) is 14.7 Å². The fourth-order valence-electron chi connectivity index (χ4n) is 4.12. The number of carbonyl (C=O) groups is 2. The van der Waals surface area contributed by atoms with Crippen molar-refractivity contribution in [1.29, 1.82) is 0 Å². The summed E-state index contributed by atoms with van der Waals surface area (Å²) in [5, 5.41) is 12.4. The summed E-state index contributed by atoms with van der Waals surface area (Å²) in [5.41, 5.74) is 1.15. The van der Waals surface area contributed by atoms with E-state index in [1.165, 1.54) is 12.8 Å². The van der Waals surface area contributed by atoms with Crippen LogP contribution in [-0.2, 0) is 9.59 Å². The summed E-state index contributed by atoms with van der Waals surface area (Å²) in [5.74, 6) is -0.412. The zero-order valence-electron chi connectivity index (χ0n) is 14.0. The molecule has 5 heteroatoms. The second-order valence-electron chi connectivity index (χ2n) is 6.97. The zero-order valence-corrected chi connectivity index (χ0v) is 14.0. The van der Waals surface area contributed by atoms with Gasteiger partial charge < -0.3 is 10.4 Å². The summed E-state index contributed by atoms with van der Waals surface area (Å²) >= 11 is 0. The van der Waals surface area contributed by atoms with Gasteiger partial charge in [-0.15, -0.1) is 0 Å². The number of hydrogen-bond acceptors (Lipinski definition) is 3. The molecule has 130 valence electrons. The second kappa shape index (κ2) is 7.79. The Morgan fingerprint density at radius 2 is 1.83 bits per heavy atom. The molecule has 0 spiro atoms. The average molecular weight is 330 g/mol. The lowest BCUT2D eigenvalue weighted by Crippen LogP contribution is -2.44. The normalized spacial score (nSPS) is 23.2. The molecule has 2 fully saturated rings. The molecule has 5 nitrogen and oxygen atoms in total. The van der Waals surface area contributed by atoms with Crippen LogP contribution in [0.3, 0.4) is 0 Å². The van der Waals surface area contributed by atoms with Crippen LogP contribution in [0.2, 0.25) is 0 Å². The van der Waals surface area contributed by atoms with Crippen molar-refractivity contribution in [2.45, 2.75) is 50.6 Å². The van der Waals surface area contributed by atoms with Crippen molar-refractivity contribution in [1.82, 2.24) is 10.2 Å². The molecule has 0 bridgehead atoms. The van der Waals surface area contributed by atoms with E-state index in [0.717, 1.165) is 24.8 Å². The Bertz CT molecular complexity index is 569. The van der Waals surface area contributed by atoms with Gasteiger partial charge in [0.05, 0.1) is 12.6 Å². The van der Waals surface area contributed by atoms with Gasteiger partial charge >= 0.3 is 5.97 Å². The monoisotopic (exact) mass is 330 g/mol. The van der Waals surface area contributed by atoms with E-state index in [1.807, 2.05) is 18.2 Å². The van der Waals surface area contributed by atoms with E-state index in [2.05, 4.69) is 17.4 Å². The highest BCUT2D eigenvalue weighted by Gasteiger charge is 2.33. The molecule has 0 aromatic heterocycles. The van der Waals surface area contributed by atoms with Crippen LogP contribution in [0, 0.1) is 5.92 Å². The number of aliphatic carboxylic acids is 1. The predicted octanol–water partition coefficient (Wildman–Crippen LogP) is 2.58. The third kappa shape index (κ3) is 3.96. The van der Waals surface area contributed by atoms with Crippen LogP contribution < -0.4 is 5.32 Å². The maximum absolute atomic E-state index is 12.6. The minimum absolute atomic E-state index is 0.0343. The first kappa shape index (κ1) is 17.0. The van der Waals surface area contributed by atoms with Crippen molar-refractivity contribution in [2.75, 3.05) is 13.1 Å². The van der Waals surface area contributed by atoms with Crippen molar-refractivity contribution in [3.63, 3.8) is 0 Å². The highest BCUT2D eigenvalue weighted by molar-refractivity contribution is 5.80. The summed E-state index contributed by atoms with van der Waals surface area (Å²) in [6.07, 6.45) is 6.19. The first-order valence-electron chi connectivity index (χ1n) is 8.96. The minimum Gasteiger partial charge on any atom is -0.480 e. The van der Waals surface area contributed by atoms with Crippen LogP contribution in [0.25, 0.3) is 0 Å². The fourth-order valence-corrected chi connectivity index (χ4v) is 4.12. The molecule has 2 atom stereocenters. The molecule has 1 aromatic rings. The Morgan fingerprint density at radius 1 is 1.12 bits per heavy atom. The van der Waals surface area contributed by atoms with Crippen LogP contribution in [-0.4, -0.2) is 41.0 Å². The molecular formula is C19H26N2O3. The van der Waals surface area contributed by atoms with E-state index in [0.29, 0.717) is 18.9 Å². The van der Waals surface area contributed by atoms with Gasteiger partial charge in [-0.3, -0.25) is 14.5 Å². The maximum atomic E-state index is 12.6. The number of benzene rings is 1. The molecule has 1 heterocycles. The van der Waals surface area contributed by atoms with Crippen molar-refractivity contribution in [3.8, 4) is 0 Å². The van der Waals surface area contributed by atoms with Crippen LogP contribution in [0.4, 0.5) is 0 Å². The van der Waals surface area contributed by atoms with Gasteiger partial charge in [-0.1, -0.05) is 43.2 Å². The van der Waals surface area contributed by atoms with Crippen LogP contribution in [0.5, 0.6) is 0 Å². The Labute approximate surface area is 143 Å². The van der Waals surface area contributed by atoms with Crippen molar-refractivity contribution in [2.24, 2.45) is 5.92 Å². The van der Waals surface area contributed by atoms with Gasteiger partial charge in [0.15, 0.2) is 0 Å². The molecule has 1 amide bonds. The Kier molecular flexibility index (Phi) is 5.51. The topological polar surface area (TPSA) is 69.6 Å². The maximum Gasteiger partial charge on any atom is 0.320 e. The highest BCUT2D eigenvalue weighted by atomic mass is 16.4. The molecule has 2 unspecified atom stereocenters. The number of rotatable bonds is 6. The largest absolute Gasteiger partial charge is 0.480 e. The van der Waals surface area contributed by atoms with E-state index in [4.69, 9.17) is 0 Å². The van der Waals surface area contributed by atoms with Crippen molar-refractivity contribution >= 4 is 11.9 Å². The summed E-state index contributed by atoms with van der Waals surface area (Å²) in [7, 11) is 0. The number of nitrogens with zero attached hydrogens (tertiary/aromatic N) is 1. The first-order valence-corrected chi connectivity index (χ1v) is 8.96. The molecule has 1 aromatic carbocycles. The van der Waals surface area contributed by atoms with Gasteiger partial charge in [0.2, 0.25) is 5.91 Å². The molecule has 2 N–H and O–H groups in total. The van der Waals surface area contributed by atoms with Gasteiger partial charge in [-0.2, -0.15) is 0 Å².